The molecule has 18 heavy (non-hydrogen) atoms. The van der Waals surface area contributed by atoms with Crippen LogP contribution in [0.15, 0.2) is 24.3 Å². The fraction of sp³-hybridized carbons (Fsp3) is 0.500. The second kappa shape index (κ2) is 5.76. The molecule has 2 rings (SSSR count). The topological polar surface area (TPSA) is 55.6 Å². The van der Waals surface area contributed by atoms with Crippen LogP contribution in [0.3, 0.4) is 0 Å². The quantitative estimate of drug-likeness (QED) is 0.810. The van der Waals surface area contributed by atoms with Gasteiger partial charge in [0.2, 0.25) is 5.91 Å². The van der Waals surface area contributed by atoms with Crippen molar-refractivity contribution in [3.05, 3.63) is 24.3 Å². The first-order valence-corrected chi connectivity index (χ1v) is 6.45. The molecule has 0 saturated carbocycles. The first kappa shape index (κ1) is 12.7. The number of nitrogen functional groups attached to an aromatic ring is 1. The summed E-state index contributed by atoms with van der Waals surface area (Å²) in [6.45, 7) is 4.13. The molecule has 1 fully saturated rings. The van der Waals surface area contributed by atoms with Crippen LogP contribution in [0.1, 0.15) is 19.8 Å². The molecule has 1 aromatic carbocycles. The Hall–Kier alpha value is -1.71. The average molecular weight is 248 g/mol. The van der Waals surface area contributed by atoms with Crippen molar-refractivity contribution < 1.29 is 9.53 Å². The Balaban J connectivity index is 1.79. The lowest BCUT2D eigenvalue weighted by atomic mass is 10.1. The maximum Gasteiger partial charge on any atom is 0.223 e. The standard InChI is InChI=1S/C14H20N2O2/c1-2-11-9-14(17)16(10-11)7-8-18-13-6-4-3-5-12(13)15/h3-6,11H,2,7-10,15H2,1H3. The largest absolute Gasteiger partial charge is 0.490 e. The number of carbonyl (C=O) groups is 1. The Morgan fingerprint density at radius 2 is 2.22 bits per heavy atom. The summed E-state index contributed by atoms with van der Waals surface area (Å²) in [6, 6.07) is 7.41. The molecule has 1 aliphatic rings. The number of ether oxygens (including phenoxy) is 1. The molecular formula is C14H20N2O2. The zero-order valence-electron chi connectivity index (χ0n) is 10.8. The molecule has 4 heteroatoms. The van der Waals surface area contributed by atoms with Gasteiger partial charge in [-0.3, -0.25) is 4.79 Å². The van der Waals surface area contributed by atoms with E-state index in [1.807, 2.05) is 29.2 Å². The third kappa shape index (κ3) is 2.94. The van der Waals surface area contributed by atoms with Crippen LogP contribution >= 0.6 is 0 Å². The van der Waals surface area contributed by atoms with Crippen LogP contribution in [0.4, 0.5) is 5.69 Å². The second-order valence-electron chi connectivity index (χ2n) is 4.70. The van der Waals surface area contributed by atoms with Gasteiger partial charge in [-0.15, -0.1) is 0 Å². The molecule has 0 aliphatic carbocycles. The summed E-state index contributed by atoms with van der Waals surface area (Å²) in [6.07, 6.45) is 1.75. The highest BCUT2D eigenvalue weighted by Gasteiger charge is 2.27. The van der Waals surface area contributed by atoms with Gasteiger partial charge in [0.25, 0.3) is 0 Å². The van der Waals surface area contributed by atoms with Crippen molar-refractivity contribution in [2.24, 2.45) is 5.92 Å². The number of nitrogens with zero attached hydrogens (tertiary/aromatic N) is 1. The molecule has 0 bridgehead atoms. The van der Waals surface area contributed by atoms with Gasteiger partial charge in [0.05, 0.1) is 12.2 Å². The molecule has 4 nitrogen and oxygen atoms in total. The molecule has 0 radical (unpaired) electrons. The molecule has 1 aromatic rings. The van der Waals surface area contributed by atoms with E-state index in [1.54, 1.807) is 0 Å². The molecule has 1 aliphatic heterocycles. The summed E-state index contributed by atoms with van der Waals surface area (Å²) >= 11 is 0. The maximum atomic E-state index is 11.7. The van der Waals surface area contributed by atoms with Crippen molar-refractivity contribution in [2.45, 2.75) is 19.8 Å². The van der Waals surface area contributed by atoms with Gasteiger partial charge in [-0.2, -0.15) is 0 Å². The number of nitrogens with two attached hydrogens (primary N) is 1. The number of hydrogen-bond acceptors (Lipinski definition) is 3. The van der Waals surface area contributed by atoms with Crippen molar-refractivity contribution in [1.82, 2.24) is 4.90 Å². The SMILES string of the molecule is CCC1CC(=O)N(CCOc2ccccc2N)C1. The number of likely N-dealkylation sites (tertiary alicyclic amines) is 1. The van der Waals surface area contributed by atoms with Crippen LogP contribution in [0, 0.1) is 5.92 Å². The van der Waals surface area contributed by atoms with E-state index in [9.17, 15) is 4.79 Å². The van der Waals surface area contributed by atoms with Crippen LogP contribution in [0.2, 0.25) is 0 Å². The highest BCUT2D eigenvalue weighted by Crippen LogP contribution is 2.22. The zero-order chi connectivity index (χ0) is 13.0. The molecule has 1 atom stereocenters. The van der Waals surface area contributed by atoms with E-state index in [0.717, 1.165) is 13.0 Å². The summed E-state index contributed by atoms with van der Waals surface area (Å²) in [5, 5.41) is 0. The van der Waals surface area contributed by atoms with E-state index in [2.05, 4.69) is 6.92 Å². The predicted molar refractivity (Wildman–Crippen MR) is 71.3 cm³/mol. The summed E-state index contributed by atoms with van der Waals surface area (Å²) in [5.74, 6) is 1.45. The molecular weight excluding hydrogens is 228 g/mol. The Morgan fingerprint density at radius 1 is 1.44 bits per heavy atom. The molecule has 98 valence electrons. The number of carbonyl (C=O) groups excluding carboxylic acids is 1. The van der Waals surface area contributed by atoms with Crippen molar-refractivity contribution in [3.63, 3.8) is 0 Å². The lowest BCUT2D eigenvalue weighted by molar-refractivity contribution is -0.128. The smallest absolute Gasteiger partial charge is 0.223 e. The fourth-order valence-electron chi connectivity index (χ4n) is 2.22. The van der Waals surface area contributed by atoms with Crippen LogP contribution in [-0.4, -0.2) is 30.5 Å². The van der Waals surface area contributed by atoms with Gasteiger partial charge in [-0.05, 0) is 18.1 Å². The number of hydrogen-bond donors (Lipinski definition) is 1. The molecule has 1 heterocycles. The van der Waals surface area contributed by atoms with Gasteiger partial charge >= 0.3 is 0 Å². The third-order valence-corrected chi connectivity index (χ3v) is 3.41. The van der Waals surface area contributed by atoms with Crippen LogP contribution in [0.25, 0.3) is 0 Å². The second-order valence-corrected chi connectivity index (χ2v) is 4.70. The minimum Gasteiger partial charge on any atom is -0.490 e. The number of amides is 1. The molecule has 0 spiro atoms. The summed E-state index contributed by atoms with van der Waals surface area (Å²) < 4.78 is 5.60. The number of anilines is 1. The Bertz CT molecular complexity index is 420. The summed E-state index contributed by atoms with van der Waals surface area (Å²) in [4.78, 5) is 13.6. The maximum absolute atomic E-state index is 11.7. The van der Waals surface area contributed by atoms with Crippen molar-refractivity contribution in [3.8, 4) is 5.75 Å². The number of para-hydroxylation sites is 2. The summed E-state index contributed by atoms with van der Waals surface area (Å²) in [5.41, 5.74) is 6.42. The lowest BCUT2D eigenvalue weighted by Gasteiger charge is -2.17. The molecule has 1 unspecified atom stereocenters. The van der Waals surface area contributed by atoms with Crippen molar-refractivity contribution >= 4 is 11.6 Å². The average Bonchev–Trinajstić information content (AvgIpc) is 2.73. The first-order valence-electron chi connectivity index (χ1n) is 6.45. The van der Waals surface area contributed by atoms with Gasteiger partial charge in [0, 0.05) is 13.0 Å². The van der Waals surface area contributed by atoms with E-state index in [0.29, 0.717) is 36.9 Å². The summed E-state index contributed by atoms with van der Waals surface area (Å²) in [7, 11) is 0. The van der Waals surface area contributed by atoms with Gasteiger partial charge in [-0.25, -0.2) is 0 Å². The number of benzene rings is 1. The fourth-order valence-corrected chi connectivity index (χ4v) is 2.22. The lowest BCUT2D eigenvalue weighted by Crippen LogP contribution is -2.29. The van der Waals surface area contributed by atoms with Gasteiger partial charge in [0.1, 0.15) is 12.4 Å². The first-order chi connectivity index (χ1) is 8.70. The van der Waals surface area contributed by atoms with Gasteiger partial charge < -0.3 is 15.4 Å². The predicted octanol–water partition coefficient (Wildman–Crippen LogP) is 1.91. The highest BCUT2D eigenvalue weighted by atomic mass is 16.5. The monoisotopic (exact) mass is 248 g/mol. The Labute approximate surface area is 108 Å². The van der Waals surface area contributed by atoms with Crippen molar-refractivity contribution in [2.75, 3.05) is 25.4 Å². The number of rotatable bonds is 5. The van der Waals surface area contributed by atoms with E-state index in [-0.39, 0.29) is 5.91 Å². The van der Waals surface area contributed by atoms with E-state index in [1.165, 1.54) is 0 Å². The molecule has 0 aromatic heterocycles. The van der Waals surface area contributed by atoms with E-state index in [4.69, 9.17) is 10.5 Å². The normalized spacial score (nSPS) is 19.3. The zero-order valence-corrected chi connectivity index (χ0v) is 10.8. The minimum atomic E-state index is 0.242. The van der Waals surface area contributed by atoms with E-state index >= 15 is 0 Å². The highest BCUT2D eigenvalue weighted by molar-refractivity contribution is 5.78. The Morgan fingerprint density at radius 3 is 2.89 bits per heavy atom. The Kier molecular flexibility index (Phi) is 4.07. The van der Waals surface area contributed by atoms with Crippen LogP contribution in [0.5, 0.6) is 5.75 Å². The van der Waals surface area contributed by atoms with Crippen molar-refractivity contribution in [1.29, 1.82) is 0 Å². The minimum absolute atomic E-state index is 0.242. The van der Waals surface area contributed by atoms with E-state index < -0.39 is 0 Å². The van der Waals surface area contributed by atoms with Crippen LogP contribution < -0.4 is 10.5 Å². The molecule has 1 saturated heterocycles. The van der Waals surface area contributed by atoms with Gasteiger partial charge in [0.15, 0.2) is 0 Å². The molecule has 1 amide bonds. The van der Waals surface area contributed by atoms with Crippen LogP contribution in [-0.2, 0) is 4.79 Å². The van der Waals surface area contributed by atoms with Gasteiger partial charge in [-0.1, -0.05) is 25.5 Å². The molecule has 2 N–H and O–H groups in total. The third-order valence-electron chi connectivity index (χ3n) is 3.41.